The van der Waals surface area contributed by atoms with Gasteiger partial charge in [-0.2, -0.15) is 0 Å². The average Bonchev–Trinajstić information content (AvgIpc) is 2.93. The number of amides is 1. The van der Waals surface area contributed by atoms with E-state index in [1.807, 2.05) is 11.8 Å². The van der Waals surface area contributed by atoms with Gasteiger partial charge in [-0.25, -0.2) is 22.0 Å². The number of carbonyl (C=O) groups is 1. The van der Waals surface area contributed by atoms with Crippen molar-refractivity contribution >= 4 is 31.5 Å². The fourth-order valence-electron chi connectivity index (χ4n) is 3.73. The average molecular weight is 402 g/mol. The van der Waals surface area contributed by atoms with Gasteiger partial charge in [-0.1, -0.05) is 0 Å². The number of hydrogen-bond acceptors (Lipinski definition) is 6. The molecule has 0 spiro atoms. The third-order valence-electron chi connectivity index (χ3n) is 4.99. The summed E-state index contributed by atoms with van der Waals surface area (Å²) in [5.74, 6) is -0.210. The number of fused-ring (bicyclic) bond motifs is 1. The molecule has 0 saturated carbocycles. The number of sulfonamides is 1. The molecule has 0 aromatic heterocycles. The third-order valence-corrected chi connectivity index (χ3v) is 7.81. The molecule has 3 N–H and O–H groups in total. The lowest BCUT2D eigenvalue weighted by Crippen LogP contribution is -2.51. The molecule has 0 aliphatic carbocycles. The lowest BCUT2D eigenvalue weighted by molar-refractivity contribution is -0.121. The summed E-state index contributed by atoms with van der Waals surface area (Å²) in [6.45, 7) is 3.78. The lowest BCUT2D eigenvalue weighted by Gasteiger charge is -2.28. The van der Waals surface area contributed by atoms with Crippen molar-refractivity contribution in [1.29, 1.82) is 0 Å². The summed E-state index contributed by atoms with van der Waals surface area (Å²) in [6, 6.07) is 4.66. The summed E-state index contributed by atoms with van der Waals surface area (Å²) in [6.07, 6.45) is 1.02. The molecule has 3 rings (SSSR count). The number of sulfone groups is 1. The monoisotopic (exact) mass is 401 g/mol. The van der Waals surface area contributed by atoms with Crippen molar-refractivity contribution in [2.24, 2.45) is 5.14 Å². The molecule has 2 heterocycles. The number of carbonyl (C=O) groups excluding carboxylic acids is 1. The molecule has 1 amide bonds. The van der Waals surface area contributed by atoms with Gasteiger partial charge < -0.3 is 10.2 Å². The maximum absolute atomic E-state index is 12.5. The van der Waals surface area contributed by atoms with Crippen LogP contribution in [0.5, 0.6) is 0 Å². The Kier molecular flexibility index (Phi) is 4.56. The summed E-state index contributed by atoms with van der Waals surface area (Å²) < 4.78 is 46.4. The first-order valence-corrected chi connectivity index (χ1v) is 11.7. The summed E-state index contributed by atoms with van der Waals surface area (Å²) in [7, 11) is -6.87. The van der Waals surface area contributed by atoms with E-state index in [4.69, 9.17) is 5.14 Å². The van der Waals surface area contributed by atoms with E-state index in [9.17, 15) is 21.6 Å². The maximum Gasteiger partial charge on any atom is 0.239 e. The van der Waals surface area contributed by atoms with Crippen LogP contribution in [-0.4, -0.2) is 52.4 Å². The van der Waals surface area contributed by atoms with E-state index in [1.54, 1.807) is 19.1 Å². The second-order valence-electron chi connectivity index (χ2n) is 7.47. The predicted molar refractivity (Wildman–Crippen MR) is 98.1 cm³/mol. The van der Waals surface area contributed by atoms with Gasteiger partial charge in [0.15, 0.2) is 9.84 Å². The lowest BCUT2D eigenvalue weighted by atomic mass is 10.0. The highest BCUT2D eigenvalue weighted by atomic mass is 32.2. The first kappa shape index (κ1) is 19.1. The zero-order valence-electron chi connectivity index (χ0n) is 14.7. The quantitative estimate of drug-likeness (QED) is 0.718. The number of primary sulfonamides is 1. The second kappa shape index (κ2) is 6.21. The molecular weight excluding hydrogens is 378 g/mol. The molecule has 0 radical (unpaired) electrons. The fraction of sp³-hybridized carbons (Fsp3) is 0.562. The van der Waals surface area contributed by atoms with Gasteiger partial charge in [-0.15, -0.1) is 0 Å². The molecule has 8 nitrogen and oxygen atoms in total. The molecule has 1 aromatic rings. The van der Waals surface area contributed by atoms with Crippen LogP contribution in [-0.2, 0) is 31.1 Å². The van der Waals surface area contributed by atoms with Crippen molar-refractivity contribution in [2.75, 3.05) is 23.0 Å². The molecule has 2 aliphatic rings. The van der Waals surface area contributed by atoms with E-state index < -0.39 is 25.4 Å². The Morgan fingerprint density at radius 1 is 1.42 bits per heavy atom. The Morgan fingerprint density at radius 2 is 2.12 bits per heavy atom. The van der Waals surface area contributed by atoms with Crippen molar-refractivity contribution < 1.29 is 21.6 Å². The van der Waals surface area contributed by atoms with Gasteiger partial charge in [0.25, 0.3) is 0 Å². The van der Waals surface area contributed by atoms with Gasteiger partial charge in [-0.05, 0) is 50.5 Å². The Morgan fingerprint density at radius 3 is 2.69 bits per heavy atom. The molecule has 144 valence electrons. The zero-order valence-corrected chi connectivity index (χ0v) is 16.4. The number of hydrogen-bond donors (Lipinski definition) is 2. The number of nitrogens with zero attached hydrogens (tertiary/aromatic N) is 1. The standard InChI is InChI=1S/C16H23N3O5S2/c1-11-7-12-8-13(26(17,23)24)3-4-14(12)19(11)9-15(20)18-16(2)5-6-25(21,22)10-16/h3-4,8,11H,5-7,9-10H2,1-2H3,(H,18,20)(H2,17,23,24)/t11-,16+/m1/s1. The highest BCUT2D eigenvalue weighted by Crippen LogP contribution is 2.33. The van der Waals surface area contributed by atoms with Crippen LogP contribution < -0.4 is 15.4 Å². The zero-order chi connectivity index (χ0) is 19.3. The molecule has 0 bridgehead atoms. The smallest absolute Gasteiger partial charge is 0.239 e. The van der Waals surface area contributed by atoms with E-state index in [0.29, 0.717) is 12.8 Å². The van der Waals surface area contributed by atoms with Crippen LogP contribution >= 0.6 is 0 Å². The predicted octanol–water partition coefficient (Wildman–Crippen LogP) is -0.222. The molecule has 2 atom stereocenters. The Balaban J connectivity index is 1.74. The Labute approximate surface area is 153 Å². The van der Waals surface area contributed by atoms with Gasteiger partial charge in [0.2, 0.25) is 15.9 Å². The molecule has 1 aromatic carbocycles. The summed E-state index contributed by atoms with van der Waals surface area (Å²) in [4.78, 5) is 14.4. The van der Waals surface area contributed by atoms with Gasteiger partial charge >= 0.3 is 0 Å². The molecule has 26 heavy (non-hydrogen) atoms. The first-order chi connectivity index (χ1) is 11.9. The fourth-order valence-corrected chi connectivity index (χ4v) is 6.39. The number of nitrogens with two attached hydrogens (primary N) is 1. The molecule has 1 saturated heterocycles. The molecule has 10 heteroatoms. The second-order valence-corrected chi connectivity index (χ2v) is 11.2. The van der Waals surface area contributed by atoms with Crippen molar-refractivity contribution in [2.45, 2.75) is 43.2 Å². The minimum absolute atomic E-state index is 0.0200. The summed E-state index contributed by atoms with van der Waals surface area (Å²) >= 11 is 0. The van der Waals surface area contributed by atoms with Gasteiger partial charge in [0, 0.05) is 11.7 Å². The van der Waals surface area contributed by atoms with Crippen LogP contribution in [0.15, 0.2) is 23.1 Å². The van der Waals surface area contributed by atoms with E-state index >= 15 is 0 Å². The number of benzene rings is 1. The molecular formula is C16H23N3O5S2. The maximum atomic E-state index is 12.5. The van der Waals surface area contributed by atoms with Gasteiger partial charge in [-0.3, -0.25) is 4.79 Å². The minimum Gasteiger partial charge on any atom is -0.359 e. The largest absolute Gasteiger partial charge is 0.359 e. The van der Waals surface area contributed by atoms with Crippen molar-refractivity contribution in [3.8, 4) is 0 Å². The molecule has 0 unspecified atom stereocenters. The minimum atomic E-state index is -3.77. The number of nitrogens with one attached hydrogen (secondary N) is 1. The molecule has 1 fully saturated rings. The van der Waals surface area contributed by atoms with Crippen LogP contribution in [0.4, 0.5) is 5.69 Å². The highest BCUT2D eigenvalue weighted by molar-refractivity contribution is 7.91. The first-order valence-electron chi connectivity index (χ1n) is 8.32. The van der Waals surface area contributed by atoms with Gasteiger partial charge in [0.1, 0.15) is 0 Å². The van der Waals surface area contributed by atoms with Gasteiger partial charge in [0.05, 0.1) is 28.5 Å². The van der Waals surface area contributed by atoms with Crippen LogP contribution in [0.1, 0.15) is 25.8 Å². The Bertz CT molecular complexity index is 958. The normalized spacial score (nSPS) is 27.3. The topological polar surface area (TPSA) is 127 Å². The van der Waals surface area contributed by atoms with Crippen LogP contribution in [0.25, 0.3) is 0 Å². The van der Waals surface area contributed by atoms with E-state index in [1.165, 1.54) is 6.07 Å². The van der Waals surface area contributed by atoms with Crippen molar-refractivity contribution in [3.05, 3.63) is 23.8 Å². The van der Waals surface area contributed by atoms with E-state index in [0.717, 1.165) is 11.3 Å². The van der Waals surface area contributed by atoms with Crippen LogP contribution in [0.3, 0.4) is 0 Å². The number of rotatable bonds is 4. The van der Waals surface area contributed by atoms with Crippen LogP contribution in [0, 0.1) is 0 Å². The van der Waals surface area contributed by atoms with Crippen molar-refractivity contribution in [1.82, 2.24) is 5.32 Å². The number of anilines is 1. The SMILES string of the molecule is C[C@@H]1Cc2cc(S(N)(=O)=O)ccc2N1CC(=O)N[C@@]1(C)CCS(=O)(=O)C1. The van der Waals surface area contributed by atoms with E-state index in [-0.39, 0.29) is 34.9 Å². The van der Waals surface area contributed by atoms with Crippen molar-refractivity contribution in [3.63, 3.8) is 0 Å². The summed E-state index contributed by atoms with van der Waals surface area (Å²) in [5, 5.41) is 8.02. The van der Waals surface area contributed by atoms with Crippen LogP contribution in [0.2, 0.25) is 0 Å². The third kappa shape index (κ3) is 3.86. The van der Waals surface area contributed by atoms with E-state index in [2.05, 4.69) is 5.32 Å². The summed E-state index contributed by atoms with van der Waals surface area (Å²) in [5.41, 5.74) is 0.884. The highest BCUT2D eigenvalue weighted by Gasteiger charge is 2.40. The Hall–Kier alpha value is -1.65. The molecule has 2 aliphatic heterocycles.